The number of carbonyl (C=O) groups is 1. The first-order valence-electron chi connectivity index (χ1n) is 7.51. The average Bonchev–Trinajstić information content (AvgIpc) is 3.18. The van der Waals surface area contributed by atoms with Crippen molar-refractivity contribution in [1.29, 1.82) is 0 Å². The molecule has 146 valence electrons. The van der Waals surface area contributed by atoms with Crippen LogP contribution in [0.4, 0.5) is 23.7 Å². The molecule has 0 saturated carbocycles. The molecule has 3 heterocycles. The second-order valence-corrected chi connectivity index (χ2v) is 5.13. The maximum absolute atomic E-state index is 12.4. The van der Waals surface area contributed by atoms with Crippen LogP contribution in [0.5, 0.6) is 5.88 Å². The van der Waals surface area contributed by atoms with E-state index in [1.165, 1.54) is 13.3 Å². The van der Waals surface area contributed by atoms with E-state index in [1.54, 1.807) is 12.1 Å². The molecule has 0 aliphatic carbocycles. The van der Waals surface area contributed by atoms with Crippen LogP contribution in [0.15, 0.2) is 35.2 Å². The van der Waals surface area contributed by atoms with Crippen molar-refractivity contribution in [2.45, 2.75) is 12.8 Å². The summed E-state index contributed by atoms with van der Waals surface area (Å²) >= 11 is 0. The van der Waals surface area contributed by atoms with E-state index < -0.39 is 24.0 Å². The molecule has 0 unspecified atom stereocenters. The van der Waals surface area contributed by atoms with Crippen LogP contribution in [-0.4, -0.2) is 38.3 Å². The van der Waals surface area contributed by atoms with Crippen LogP contribution in [0.2, 0.25) is 0 Å². The fraction of sp³-hybridized carbons (Fsp3) is 0.200. The van der Waals surface area contributed by atoms with E-state index in [0.717, 1.165) is 12.4 Å². The Kier molecular flexibility index (Phi) is 5.33. The van der Waals surface area contributed by atoms with Crippen molar-refractivity contribution in [2.75, 3.05) is 12.4 Å². The number of alkyl halides is 3. The third kappa shape index (κ3) is 4.69. The molecule has 3 rings (SSSR count). The lowest BCUT2D eigenvalue weighted by atomic mass is 10.3. The highest BCUT2D eigenvalue weighted by atomic mass is 19.4. The van der Waals surface area contributed by atoms with Gasteiger partial charge in [0.15, 0.2) is 0 Å². The highest BCUT2D eigenvalue weighted by Crippen LogP contribution is 2.28. The third-order valence-corrected chi connectivity index (χ3v) is 3.14. The first kappa shape index (κ1) is 19.0. The minimum Gasteiger partial charge on any atom is -0.481 e. The Labute approximate surface area is 154 Å². The minimum absolute atomic E-state index is 0.0369. The number of halogens is 3. The third-order valence-electron chi connectivity index (χ3n) is 3.14. The quantitative estimate of drug-likeness (QED) is 0.693. The molecule has 0 aromatic carbocycles. The lowest BCUT2D eigenvalue weighted by Gasteiger charge is -2.07. The molecule has 0 fully saturated rings. The first-order valence-corrected chi connectivity index (χ1v) is 7.51. The van der Waals surface area contributed by atoms with Crippen LogP contribution in [0, 0.1) is 0 Å². The maximum atomic E-state index is 12.4. The Bertz CT molecular complexity index is 944. The van der Waals surface area contributed by atoms with Crippen LogP contribution < -0.4 is 10.1 Å². The Morgan fingerprint density at radius 3 is 2.46 bits per heavy atom. The Morgan fingerprint density at radius 1 is 1.14 bits per heavy atom. The van der Waals surface area contributed by atoms with E-state index in [2.05, 4.69) is 34.9 Å². The number of nitrogens with one attached hydrogen (secondary N) is 1. The van der Waals surface area contributed by atoms with E-state index in [4.69, 9.17) is 9.47 Å². The second kappa shape index (κ2) is 7.85. The average molecular weight is 396 g/mol. The summed E-state index contributed by atoms with van der Waals surface area (Å²) in [4.78, 5) is 26.5. The van der Waals surface area contributed by atoms with Crippen LogP contribution in [-0.2, 0) is 17.5 Å². The molecule has 28 heavy (non-hydrogen) atoms. The molecule has 3 aromatic heterocycles. The number of rotatable bonds is 5. The van der Waals surface area contributed by atoms with Gasteiger partial charge in [0, 0.05) is 17.8 Å². The van der Waals surface area contributed by atoms with E-state index in [1.807, 2.05) is 0 Å². The number of carbonyl (C=O) groups excluding carboxylic acids is 1. The van der Waals surface area contributed by atoms with Crippen molar-refractivity contribution in [3.8, 4) is 17.5 Å². The van der Waals surface area contributed by atoms with Gasteiger partial charge in [0.1, 0.15) is 6.61 Å². The number of methoxy groups -OCH3 is 1. The Morgan fingerprint density at radius 2 is 1.89 bits per heavy atom. The van der Waals surface area contributed by atoms with Gasteiger partial charge in [-0.3, -0.25) is 5.32 Å². The van der Waals surface area contributed by atoms with Crippen LogP contribution in [0.3, 0.4) is 0 Å². The maximum Gasteiger partial charge on any atom is 0.471 e. The number of nitrogens with zero attached hydrogens (tertiary/aromatic N) is 5. The first-order chi connectivity index (χ1) is 13.3. The highest BCUT2D eigenvalue weighted by molar-refractivity contribution is 5.84. The zero-order valence-electron chi connectivity index (χ0n) is 14.1. The van der Waals surface area contributed by atoms with Gasteiger partial charge in [-0.25, -0.2) is 19.7 Å². The van der Waals surface area contributed by atoms with Gasteiger partial charge in [-0.2, -0.15) is 18.2 Å². The van der Waals surface area contributed by atoms with Crippen molar-refractivity contribution in [1.82, 2.24) is 25.1 Å². The van der Waals surface area contributed by atoms with Crippen molar-refractivity contribution < 1.29 is 32.0 Å². The zero-order chi connectivity index (χ0) is 20.1. The van der Waals surface area contributed by atoms with Gasteiger partial charge in [-0.05, 0) is 6.07 Å². The molecule has 0 bridgehead atoms. The van der Waals surface area contributed by atoms with E-state index >= 15 is 0 Å². The molecule has 0 aliphatic rings. The fourth-order valence-corrected chi connectivity index (χ4v) is 1.86. The van der Waals surface area contributed by atoms with E-state index in [9.17, 15) is 18.0 Å². The summed E-state index contributed by atoms with van der Waals surface area (Å²) in [5, 5.41) is 5.53. The number of amides is 1. The predicted octanol–water partition coefficient (Wildman–Crippen LogP) is 2.70. The van der Waals surface area contributed by atoms with Gasteiger partial charge >= 0.3 is 18.2 Å². The molecule has 1 N–H and O–H groups in total. The molecule has 1 amide bonds. The number of ether oxygens (including phenoxy) is 2. The molecule has 13 heteroatoms. The lowest BCUT2D eigenvalue weighted by Crippen LogP contribution is -2.14. The second-order valence-electron chi connectivity index (χ2n) is 5.13. The van der Waals surface area contributed by atoms with Gasteiger partial charge in [0.25, 0.3) is 0 Å². The molecule has 0 aliphatic heterocycles. The van der Waals surface area contributed by atoms with Crippen molar-refractivity contribution in [3.05, 3.63) is 42.2 Å². The molecule has 0 saturated heterocycles. The Balaban J connectivity index is 1.56. The van der Waals surface area contributed by atoms with Crippen molar-refractivity contribution >= 4 is 11.8 Å². The molecule has 0 spiro atoms. The molecule has 10 nitrogen and oxygen atoms in total. The lowest BCUT2D eigenvalue weighted by molar-refractivity contribution is -0.159. The number of hydrogen-bond donors (Lipinski definition) is 1. The normalized spacial score (nSPS) is 11.1. The number of aromatic nitrogens is 5. The highest BCUT2D eigenvalue weighted by Gasteiger charge is 2.38. The van der Waals surface area contributed by atoms with E-state index in [-0.39, 0.29) is 18.1 Å². The zero-order valence-corrected chi connectivity index (χ0v) is 14.1. The summed E-state index contributed by atoms with van der Waals surface area (Å²) in [6.45, 7) is -0.0369. The predicted molar refractivity (Wildman–Crippen MR) is 84.9 cm³/mol. The summed E-state index contributed by atoms with van der Waals surface area (Å²) in [7, 11) is 1.48. The van der Waals surface area contributed by atoms with Crippen LogP contribution >= 0.6 is 0 Å². The SMILES string of the molecule is COc1ccc(COC(=O)Nc2cnc(-c3noc(C(F)(F)F)n3)nc2)cn1. The van der Waals surface area contributed by atoms with Crippen LogP contribution in [0.25, 0.3) is 11.6 Å². The summed E-state index contributed by atoms with van der Waals surface area (Å²) < 4.78 is 51.4. The molecule has 0 radical (unpaired) electrons. The molecule has 0 atom stereocenters. The minimum atomic E-state index is -4.77. The molecule has 3 aromatic rings. The summed E-state index contributed by atoms with van der Waals surface area (Å²) in [6.07, 6.45) is -1.75. The van der Waals surface area contributed by atoms with Crippen molar-refractivity contribution in [3.63, 3.8) is 0 Å². The monoisotopic (exact) mass is 396 g/mol. The summed E-state index contributed by atoms with van der Waals surface area (Å²) in [6, 6.07) is 3.29. The van der Waals surface area contributed by atoms with Gasteiger partial charge in [0.05, 0.1) is 25.2 Å². The van der Waals surface area contributed by atoms with E-state index in [0.29, 0.717) is 11.4 Å². The summed E-state index contributed by atoms with van der Waals surface area (Å²) in [5.74, 6) is -1.73. The number of hydrogen-bond acceptors (Lipinski definition) is 9. The largest absolute Gasteiger partial charge is 0.481 e. The fourth-order valence-electron chi connectivity index (χ4n) is 1.86. The van der Waals surface area contributed by atoms with Gasteiger partial charge in [-0.15, -0.1) is 0 Å². The number of anilines is 1. The molecular weight excluding hydrogens is 385 g/mol. The number of pyridine rings is 1. The standard InChI is InChI=1S/C15H11F3N6O4/c1-26-10-3-2-8(4-19-10)7-27-14(25)22-9-5-20-11(21-6-9)12-23-13(28-24-12)15(16,17)18/h2-6H,7H2,1H3,(H,22,25). The molecular formula is C15H11F3N6O4. The van der Waals surface area contributed by atoms with Crippen molar-refractivity contribution in [2.24, 2.45) is 0 Å². The van der Waals surface area contributed by atoms with Gasteiger partial charge < -0.3 is 14.0 Å². The topological polar surface area (TPSA) is 125 Å². The van der Waals surface area contributed by atoms with Gasteiger partial charge in [0.2, 0.25) is 17.5 Å². The smallest absolute Gasteiger partial charge is 0.471 e. The van der Waals surface area contributed by atoms with Gasteiger partial charge in [-0.1, -0.05) is 5.16 Å². The van der Waals surface area contributed by atoms with Crippen LogP contribution in [0.1, 0.15) is 11.5 Å². The Hall–Kier alpha value is -3.77. The summed E-state index contributed by atoms with van der Waals surface area (Å²) in [5.41, 5.74) is 0.793.